The summed E-state index contributed by atoms with van der Waals surface area (Å²) in [5.41, 5.74) is 2.62. The Hall–Kier alpha value is -3.50. The second-order valence-electron chi connectivity index (χ2n) is 8.27. The van der Waals surface area contributed by atoms with E-state index in [-0.39, 0.29) is 24.9 Å². The number of benzene rings is 3. The second kappa shape index (κ2) is 10.4. The van der Waals surface area contributed by atoms with Gasteiger partial charge in [0.25, 0.3) is 0 Å². The lowest BCUT2D eigenvalue weighted by atomic mass is 9.75. The molecule has 1 atom stereocenters. The van der Waals surface area contributed by atoms with Gasteiger partial charge < -0.3 is 4.74 Å². The van der Waals surface area contributed by atoms with E-state index in [1.54, 1.807) is 0 Å². The lowest BCUT2D eigenvalue weighted by molar-refractivity contribution is -0.146. The molecular formula is C29H29NO3. The molecule has 3 aromatic rings. The van der Waals surface area contributed by atoms with Crippen LogP contribution in [0.4, 0.5) is 0 Å². The largest absolute Gasteiger partial charge is 0.461 e. The SMILES string of the molecule is C=CCOC(=O)CC(=O)[C@@H]1CCCN1C(c1ccccc1)(c1ccccc1)c1ccccc1. The van der Waals surface area contributed by atoms with Gasteiger partial charge in [-0.25, -0.2) is 0 Å². The van der Waals surface area contributed by atoms with Crippen LogP contribution in [-0.4, -0.2) is 35.8 Å². The Bertz CT molecular complexity index is 983. The highest BCUT2D eigenvalue weighted by atomic mass is 16.5. The summed E-state index contributed by atoms with van der Waals surface area (Å²) in [6.07, 6.45) is 2.87. The van der Waals surface area contributed by atoms with Gasteiger partial charge >= 0.3 is 5.97 Å². The van der Waals surface area contributed by atoms with Crippen LogP contribution in [0.25, 0.3) is 0 Å². The summed E-state index contributed by atoms with van der Waals surface area (Å²) >= 11 is 0. The molecular weight excluding hydrogens is 410 g/mol. The van der Waals surface area contributed by atoms with Gasteiger partial charge in [-0.3, -0.25) is 14.5 Å². The monoisotopic (exact) mass is 439 g/mol. The van der Waals surface area contributed by atoms with Crippen molar-refractivity contribution in [2.75, 3.05) is 13.2 Å². The number of esters is 1. The average molecular weight is 440 g/mol. The molecule has 0 radical (unpaired) electrons. The van der Waals surface area contributed by atoms with Gasteiger partial charge in [-0.1, -0.05) is 104 Å². The van der Waals surface area contributed by atoms with Gasteiger partial charge in [0.15, 0.2) is 5.78 Å². The van der Waals surface area contributed by atoms with Crippen molar-refractivity contribution in [1.29, 1.82) is 0 Å². The fourth-order valence-corrected chi connectivity index (χ4v) is 5.00. The third kappa shape index (κ3) is 4.53. The Balaban J connectivity index is 1.85. The number of ether oxygens (including phenoxy) is 1. The molecule has 0 aromatic heterocycles. The highest BCUT2D eigenvalue weighted by Gasteiger charge is 2.48. The Morgan fingerprint density at radius 1 is 0.879 bits per heavy atom. The molecule has 0 unspecified atom stereocenters. The van der Waals surface area contributed by atoms with Crippen LogP contribution in [-0.2, 0) is 19.9 Å². The molecule has 1 aliphatic rings. The van der Waals surface area contributed by atoms with E-state index in [1.165, 1.54) is 6.08 Å². The number of carbonyl (C=O) groups is 2. The number of Topliss-reactive ketones (excluding diaryl/α,β-unsaturated/α-hetero) is 1. The third-order valence-corrected chi connectivity index (χ3v) is 6.31. The van der Waals surface area contributed by atoms with Gasteiger partial charge in [0.2, 0.25) is 0 Å². The van der Waals surface area contributed by atoms with E-state index in [4.69, 9.17) is 4.74 Å². The number of likely N-dealkylation sites (tertiary alicyclic amines) is 1. The van der Waals surface area contributed by atoms with E-state index in [0.717, 1.165) is 29.7 Å². The first-order valence-electron chi connectivity index (χ1n) is 11.4. The standard InChI is InChI=1S/C29H29NO3/c1-2-21-33-28(32)22-27(31)26-19-12-20-30(26)29(23-13-6-3-7-14-23,24-15-8-4-9-16-24)25-17-10-5-11-18-25/h2-11,13-18,26H,1,12,19-22H2/t26-/m0/s1. The first-order chi connectivity index (χ1) is 16.2. The maximum absolute atomic E-state index is 13.4. The Labute approximate surface area is 195 Å². The molecule has 1 aliphatic heterocycles. The summed E-state index contributed by atoms with van der Waals surface area (Å²) in [6, 6.07) is 30.6. The number of carbonyl (C=O) groups excluding carboxylic acids is 2. The molecule has 0 bridgehead atoms. The zero-order chi connectivity index (χ0) is 23.1. The highest BCUT2D eigenvalue weighted by molar-refractivity contribution is 5.98. The molecule has 0 amide bonds. The van der Waals surface area contributed by atoms with E-state index < -0.39 is 11.5 Å². The molecule has 1 saturated heterocycles. The van der Waals surface area contributed by atoms with Crippen LogP contribution in [0.5, 0.6) is 0 Å². The average Bonchev–Trinajstić information content (AvgIpc) is 3.36. The van der Waals surface area contributed by atoms with E-state index in [2.05, 4.69) is 47.9 Å². The third-order valence-electron chi connectivity index (χ3n) is 6.31. The van der Waals surface area contributed by atoms with Crippen molar-refractivity contribution < 1.29 is 14.3 Å². The van der Waals surface area contributed by atoms with Gasteiger partial charge in [-0.15, -0.1) is 0 Å². The summed E-state index contributed by atoms with van der Waals surface area (Å²) in [4.78, 5) is 27.9. The van der Waals surface area contributed by atoms with E-state index in [0.29, 0.717) is 6.42 Å². The number of hydrogen-bond acceptors (Lipinski definition) is 4. The van der Waals surface area contributed by atoms with Crippen molar-refractivity contribution in [3.05, 3.63) is 120 Å². The Morgan fingerprint density at radius 3 is 1.82 bits per heavy atom. The fourth-order valence-electron chi connectivity index (χ4n) is 5.00. The second-order valence-corrected chi connectivity index (χ2v) is 8.27. The molecule has 0 spiro atoms. The highest BCUT2D eigenvalue weighted by Crippen LogP contribution is 2.46. The fraction of sp³-hybridized carbons (Fsp3) is 0.241. The van der Waals surface area contributed by atoms with Crippen LogP contribution in [0.3, 0.4) is 0 Å². The predicted molar refractivity (Wildman–Crippen MR) is 130 cm³/mol. The molecule has 4 heteroatoms. The molecule has 0 N–H and O–H groups in total. The van der Waals surface area contributed by atoms with Crippen molar-refractivity contribution in [3.8, 4) is 0 Å². The van der Waals surface area contributed by atoms with Crippen LogP contribution in [0.2, 0.25) is 0 Å². The number of nitrogens with zero attached hydrogens (tertiary/aromatic N) is 1. The first kappa shape index (κ1) is 22.7. The molecule has 0 aliphatic carbocycles. The van der Waals surface area contributed by atoms with Gasteiger partial charge in [-0.05, 0) is 29.5 Å². The Morgan fingerprint density at radius 2 is 1.36 bits per heavy atom. The zero-order valence-corrected chi connectivity index (χ0v) is 18.7. The maximum atomic E-state index is 13.4. The van der Waals surface area contributed by atoms with Crippen molar-refractivity contribution >= 4 is 11.8 Å². The molecule has 0 saturated carbocycles. The minimum Gasteiger partial charge on any atom is -0.461 e. The van der Waals surface area contributed by atoms with E-state index in [1.807, 2.05) is 54.6 Å². The van der Waals surface area contributed by atoms with Gasteiger partial charge in [-0.2, -0.15) is 0 Å². The van der Waals surface area contributed by atoms with Gasteiger partial charge in [0.05, 0.1) is 11.6 Å². The van der Waals surface area contributed by atoms with Gasteiger partial charge in [0, 0.05) is 6.54 Å². The molecule has 3 aromatic carbocycles. The predicted octanol–water partition coefficient (Wildman–Crippen LogP) is 5.13. The van der Waals surface area contributed by atoms with Crippen molar-refractivity contribution in [2.24, 2.45) is 0 Å². The minimum atomic E-state index is -0.661. The first-order valence-corrected chi connectivity index (χ1v) is 11.4. The molecule has 168 valence electrons. The molecule has 1 heterocycles. The molecule has 4 nitrogen and oxygen atoms in total. The minimum absolute atomic E-state index is 0.103. The molecule has 1 fully saturated rings. The van der Waals surface area contributed by atoms with Crippen molar-refractivity contribution in [2.45, 2.75) is 30.8 Å². The smallest absolute Gasteiger partial charge is 0.313 e. The van der Waals surface area contributed by atoms with Crippen molar-refractivity contribution in [1.82, 2.24) is 4.90 Å². The molecule has 4 rings (SSSR count). The van der Waals surface area contributed by atoms with Crippen LogP contribution in [0.1, 0.15) is 36.0 Å². The zero-order valence-electron chi connectivity index (χ0n) is 18.7. The topological polar surface area (TPSA) is 46.6 Å². The van der Waals surface area contributed by atoms with Gasteiger partial charge in [0.1, 0.15) is 13.0 Å². The maximum Gasteiger partial charge on any atom is 0.313 e. The van der Waals surface area contributed by atoms with Crippen LogP contribution in [0.15, 0.2) is 104 Å². The van der Waals surface area contributed by atoms with Crippen LogP contribution in [0, 0.1) is 0 Å². The summed E-state index contributed by atoms with van der Waals surface area (Å²) < 4.78 is 5.10. The summed E-state index contributed by atoms with van der Waals surface area (Å²) in [7, 11) is 0. The summed E-state index contributed by atoms with van der Waals surface area (Å²) in [6.45, 7) is 4.42. The number of rotatable bonds is 9. The quantitative estimate of drug-likeness (QED) is 0.201. The van der Waals surface area contributed by atoms with Crippen LogP contribution >= 0.6 is 0 Å². The van der Waals surface area contributed by atoms with Crippen LogP contribution < -0.4 is 0 Å². The Kier molecular flexibility index (Phi) is 7.16. The number of ketones is 1. The number of hydrogen-bond donors (Lipinski definition) is 0. The van der Waals surface area contributed by atoms with Crippen molar-refractivity contribution in [3.63, 3.8) is 0 Å². The normalized spacial score (nSPS) is 16.3. The molecule has 33 heavy (non-hydrogen) atoms. The lowest BCUT2D eigenvalue weighted by Gasteiger charge is -2.46. The summed E-state index contributed by atoms with van der Waals surface area (Å²) in [5.74, 6) is -0.606. The lowest BCUT2D eigenvalue weighted by Crippen LogP contribution is -2.53. The van der Waals surface area contributed by atoms with E-state index >= 15 is 0 Å². The summed E-state index contributed by atoms with van der Waals surface area (Å²) in [5, 5.41) is 0. The van der Waals surface area contributed by atoms with E-state index in [9.17, 15) is 9.59 Å².